The molecule has 0 radical (unpaired) electrons. The van der Waals surface area contributed by atoms with Crippen LogP contribution in [0.2, 0.25) is 0 Å². The van der Waals surface area contributed by atoms with E-state index in [1.807, 2.05) is 42.5 Å². The number of nitrogens with zero attached hydrogens (tertiary/aromatic N) is 4. The molecular formula is C52H38N4. The summed E-state index contributed by atoms with van der Waals surface area (Å²) in [5, 5.41) is 0. The topological polar surface area (TPSA) is 43.0 Å². The quantitative estimate of drug-likeness (QED) is 0.161. The molecule has 0 N–H and O–H groups in total. The van der Waals surface area contributed by atoms with Crippen molar-refractivity contribution in [3.63, 3.8) is 0 Å². The lowest BCUT2D eigenvalue weighted by molar-refractivity contribution is 0.353. The lowest BCUT2D eigenvalue weighted by atomic mass is 9.67. The first kappa shape index (κ1) is 33.6. The zero-order valence-corrected chi connectivity index (χ0v) is 31.0. The third-order valence-corrected chi connectivity index (χ3v) is 11.7. The van der Waals surface area contributed by atoms with E-state index in [2.05, 4.69) is 132 Å². The molecule has 2 aliphatic rings. The van der Waals surface area contributed by atoms with Crippen molar-refractivity contribution in [3.05, 3.63) is 192 Å². The third kappa shape index (κ3) is 5.99. The summed E-state index contributed by atoms with van der Waals surface area (Å²) in [6.45, 7) is 7.71. The summed E-state index contributed by atoms with van der Waals surface area (Å²) in [5.41, 5.74) is 15.9. The molecule has 0 amide bonds. The second-order valence-electron chi connectivity index (χ2n) is 15.0. The van der Waals surface area contributed by atoms with Crippen molar-refractivity contribution in [2.24, 2.45) is 0 Å². The van der Waals surface area contributed by atoms with E-state index in [0.717, 1.165) is 51.9 Å². The fourth-order valence-electron chi connectivity index (χ4n) is 8.94. The molecule has 266 valence electrons. The molecule has 0 aliphatic heterocycles. The Morgan fingerprint density at radius 2 is 0.804 bits per heavy atom. The first-order valence-corrected chi connectivity index (χ1v) is 19.5. The summed E-state index contributed by atoms with van der Waals surface area (Å²) >= 11 is 0. The second kappa shape index (κ2) is 14.0. The molecule has 1 spiro atoms. The average Bonchev–Trinajstić information content (AvgIpc) is 3.54. The summed E-state index contributed by atoms with van der Waals surface area (Å²) in [7, 11) is 0. The molecule has 2 aliphatic carbocycles. The molecule has 0 saturated heterocycles. The molecule has 4 nitrogen and oxygen atoms in total. The number of rotatable bonds is 6. The van der Waals surface area contributed by atoms with Gasteiger partial charge in [0.25, 0.3) is 0 Å². The van der Waals surface area contributed by atoms with Crippen LogP contribution in [0.4, 0.5) is 5.69 Å². The largest absolute Gasteiger partial charge is 0.238 e. The number of benzene rings is 7. The first-order valence-electron chi connectivity index (χ1n) is 19.5. The summed E-state index contributed by atoms with van der Waals surface area (Å²) in [6, 6.07) is 59.7. The molecule has 1 fully saturated rings. The third-order valence-electron chi connectivity index (χ3n) is 11.7. The highest BCUT2D eigenvalue weighted by Crippen LogP contribution is 2.57. The summed E-state index contributed by atoms with van der Waals surface area (Å²) < 4.78 is 0. The highest BCUT2D eigenvalue weighted by Gasteiger charge is 2.43. The number of fused-ring (bicyclic) bond motifs is 5. The monoisotopic (exact) mass is 718 g/mol. The van der Waals surface area contributed by atoms with E-state index < -0.39 is 0 Å². The molecular weight excluding hydrogens is 681 g/mol. The van der Waals surface area contributed by atoms with Crippen molar-refractivity contribution in [2.45, 2.75) is 37.5 Å². The highest BCUT2D eigenvalue weighted by molar-refractivity contribution is 5.86. The van der Waals surface area contributed by atoms with Crippen molar-refractivity contribution in [1.82, 2.24) is 15.0 Å². The van der Waals surface area contributed by atoms with Crippen LogP contribution in [-0.4, -0.2) is 15.0 Å². The van der Waals surface area contributed by atoms with Gasteiger partial charge in [-0.3, -0.25) is 0 Å². The highest BCUT2D eigenvalue weighted by atomic mass is 15.0. The molecule has 1 heterocycles. The lowest BCUT2D eigenvalue weighted by Gasteiger charge is -2.36. The normalized spacial score (nSPS) is 13.8. The van der Waals surface area contributed by atoms with Crippen LogP contribution >= 0.6 is 0 Å². The first-order chi connectivity index (χ1) is 27.6. The van der Waals surface area contributed by atoms with Crippen LogP contribution in [0.15, 0.2) is 170 Å². The maximum atomic E-state index is 7.71. The molecule has 0 bridgehead atoms. The zero-order chi connectivity index (χ0) is 37.5. The van der Waals surface area contributed by atoms with E-state index in [1.54, 1.807) is 0 Å². The van der Waals surface area contributed by atoms with Gasteiger partial charge in [-0.05, 0) is 86.7 Å². The minimum absolute atomic E-state index is 0.0164. The van der Waals surface area contributed by atoms with E-state index in [1.165, 1.54) is 58.2 Å². The number of hydrogen-bond donors (Lipinski definition) is 0. The van der Waals surface area contributed by atoms with Gasteiger partial charge in [-0.25, -0.2) is 19.8 Å². The van der Waals surface area contributed by atoms with Crippen molar-refractivity contribution in [2.75, 3.05) is 0 Å². The van der Waals surface area contributed by atoms with Crippen LogP contribution in [0, 0.1) is 6.57 Å². The summed E-state index contributed by atoms with van der Waals surface area (Å²) in [6.07, 6.45) is 5.97. The van der Waals surface area contributed by atoms with E-state index >= 15 is 0 Å². The van der Waals surface area contributed by atoms with Gasteiger partial charge in [-0.15, -0.1) is 0 Å². The van der Waals surface area contributed by atoms with Crippen molar-refractivity contribution >= 4 is 5.69 Å². The summed E-state index contributed by atoms with van der Waals surface area (Å²) in [4.78, 5) is 18.9. The lowest BCUT2D eigenvalue weighted by Crippen LogP contribution is -2.28. The molecule has 7 aromatic carbocycles. The maximum Gasteiger partial charge on any atom is 0.187 e. The minimum atomic E-state index is -0.0164. The van der Waals surface area contributed by atoms with Crippen molar-refractivity contribution in [3.8, 4) is 78.7 Å². The zero-order valence-electron chi connectivity index (χ0n) is 31.0. The van der Waals surface area contributed by atoms with Crippen LogP contribution in [-0.2, 0) is 5.41 Å². The van der Waals surface area contributed by atoms with Crippen molar-refractivity contribution in [1.29, 1.82) is 0 Å². The van der Waals surface area contributed by atoms with Crippen LogP contribution in [0.1, 0.15) is 43.2 Å². The predicted octanol–water partition coefficient (Wildman–Crippen LogP) is 13.7. The number of hydrogen-bond acceptors (Lipinski definition) is 3. The Bertz CT molecular complexity index is 2780. The summed E-state index contributed by atoms with van der Waals surface area (Å²) in [5.74, 6) is 1.92. The van der Waals surface area contributed by atoms with Crippen LogP contribution in [0.5, 0.6) is 0 Å². The average molecular weight is 719 g/mol. The Balaban J connectivity index is 1.01. The fourth-order valence-corrected chi connectivity index (χ4v) is 8.94. The van der Waals surface area contributed by atoms with Gasteiger partial charge in [0.05, 0.1) is 6.57 Å². The van der Waals surface area contributed by atoms with Gasteiger partial charge in [-0.2, -0.15) is 0 Å². The van der Waals surface area contributed by atoms with Gasteiger partial charge in [-0.1, -0.05) is 171 Å². The molecule has 56 heavy (non-hydrogen) atoms. The van der Waals surface area contributed by atoms with Crippen LogP contribution in [0.25, 0.3) is 83.5 Å². The van der Waals surface area contributed by atoms with Gasteiger partial charge < -0.3 is 0 Å². The molecule has 0 unspecified atom stereocenters. The van der Waals surface area contributed by atoms with Gasteiger partial charge in [0.1, 0.15) is 0 Å². The van der Waals surface area contributed by atoms with Gasteiger partial charge >= 0.3 is 0 Å². The fraction of sp³-hybridized carbons (Fsp3) is 0.115. The second-order valence-corrected chi connectivity index (χ2v) is 15.0. The van der Waals surface area contributed by atoms with E-state index in [0.29, 0.717) is 17.5 Å². The molecule has 10 rings (SSSR count). The molecule has 4 heteroatoms. The Hall–Kier alpha value is -6.96. The SMILES string of the molecule is [C-]#[N+]c1ccc2c(c1)C1(CCCCC1)c1cc(-c3cccc(-c4cccc(-c5nc(-c6ccccc6)nc(-c6ccc(-c7ccccc7)cc6)n5)c4)c3)ccc1-2. The molecule has 8 aromatic rings. The van der Waals surface area contributed by atoms with Crippen molar-refractivity contribution < 1.29 is 0 Å². The minimum Gasteiger partial charge on any atom is -0.238 e. The van der Waals surface area contributed by atoms with Crippen LogP contribution < -0.4 is 0 Å². The Morgan fingerprint density at radius 1 is 0.375 bits per heavy atom. The van der Waals surface area contributed by atoms with E-state index in [-0.39, 0.29) is 5.41 Å². The van der Waals surface area contributed by atoms with Gasteiger partial charge in [0.15, 0.2) is 23.2 Å². The van der Waals surface area contributed by atoms with E-state index in [4.69, 9.17) is 21.5 Å². The Morgan fingerprint density at radius 3 is 1.43 bits per heavy atom. The predicted molar refractivity (Wildman–Crippen MR) is 228 cm³/mol. The Kier molecular flexibility index (Phi) is 8.42. The van der Waals surface area contributed by atoms with Gasteiger partial charge in [0.2, 0.25) is 0 Å². The van der Waals surface area contributed by atoms with Crippen LogP contribution in [0.3, 0.4) is 0 Å². The molecule has 1 saturated carbocycles. The molecule has 0 atom stereocenters. The van der Waals surface area contributed by atoms with E-state index in [9.17, 15) is 0 Å². The Labute approximate surface area is 328 Å². The maximum absolute atomic E-state index is 7.71. The van der Waals surface area contributed by atoms with Gasteiger partial charge in [0, 0.05) is 22.1 Å². The number of aromatic nitrogens is 3. The smallest absolute Gasteiger partial charge is 0.187 e. The standard InChI is InChI=1S/C52H38N4/c1-53-44-26-28-46-45-27-25-42(33-47(45)52(48(46)34-44)29-9-4-10-30-52)40-18-11-17-39(31-40)41-19-12-20-43(32-41)51-55-49(37-15-7-3-8-16-37)54-50(56-51)38-23-21-36(22-24-38)35-13-5-2-6-14-35/h2-3,5-8,11-28,31-34H,4,9-10,29-30H2. The molecule has 1 aromatic heterocycles.